The molecule has 0 fully saturated rings. The second-order valence-electron chi connectivity index (χ2n) is 8.10. The lowest BCUT2D eigenvalue weighted by Crippen LogP contribution is -2.49. The van der Waals surface area contributed by atoms with E-state index in [-0.39, 0.29) is 5.54 Å². The molecule has 0 bridgehead atoms. The molecule has 0 amide bonds. The summed E-state index contributed by atoms with van der Waals surface area (Å²) in [7, 11) is 0. The van der Waals surface area contributed by atoms with Gasteiger partial charge in [0, 0.05) is 36.8 Å². The van der Waals surface area contributed by atoms with Gasteiger partial charge in [0.25, 0.3) is 0 Å². The Bertz CT molecular complexity index is 296. The summed E-state index contributed by atoms with van der Waals surface area (Å²) in [6.45, 7) is 25.2. The van der Waals surface area contributed by atoms with Crippen LogP contribution in [0.3, 0.4) is 0 Å². The summed E-state index contributed by atoms with van der Waals surface area (Å²) in [6.07, 6.45) is 1.15. The third-order valence-electron chi connectivity index (χ3n) is 4.94. The summed E-state index contributed by atoms with van der Waals surface area (Å²) in [5, 5.41) is 0. The highest BCUT2D eigenvalue weighted by Gasteiger charge is 2.26. The number of nitrogens with zero attached hydrogens (tertiary/aromatic N) is 2. The maximum Gasteiger partial charge on any atom is 0.0701 e. The first-order valence-corrected chi connectivity index (χ1v) is 9.81. The molecule has 4 heteroatoms. The van der Waals surface area contributed by atoms with E-state index in [1.54, 1.807) is 0 Å². The first kappa shape index (κ1) is 23.8. The average Bonchev–Trinajstić information content (AvgIpc) is 2.47. The molecule has 4 nitrogen and oxygen atoms in total. The van der Waals surface area contributed by atoms with Crippen molar-refractivity contribution in [2.75, 3.05) is 39.5 Å². The summed E-state index contributed by atoms with van der Waals surface area (Å²) < 4.78 is 11.5. The van der Waals surface area contributed by atoms with E-state index in [2.05, 4.69) is 72.1 Å². The summed E-state index contributed by atoms with van der Waals surface area (Å²) in [5.74, 6) is 0. The third-order valence-corrected chi connectivity index (χ3v) is 4.94. The van der Waals surface area contributed by atoms with Gasteiger partial charge in [0.2, 0.25) is 0 Å². The van der Waals surface area contributed by atoms with Crippen molar-refractivity contribution in [2.45, 2.75) is 92.4 Å². The van der Waals surface area contributed by atoms with E-state index in [0.717, 1.165) is 32.7 Å². The molecule has 0 radical (unpaired) electrons. The van der Waals surface area contributed by atoms with Gasteiger partial charge in [0.1, 0.15) is 0 Å². The second-order valence-corrected chi connectivity index (χ2v) is 8.10. The molecule has 0 aromatic heterocycles. The van der Waals surface area contributed by atoms with E-state index in [1.165, 1.54) is 0 Å². The van der Waals surface area contributed by atoms with Gasteiger partial charge < -0.3 is 9.47 Å². The van der Waals surface area contributed by atoms with E-state index in [9.17, 15) is 0 Å². The predicted octanol–water partition coefficient (Wildman–Crippen LogP) is 4.04. The van der Waals surface area contributed by atoms with Crippen molar-refractivity contribution in [2.24, 2.45) is 0 Å². The van der Waals surface area contributed by atoms with Crippen LogP contribution in [0.1, 0.15) is 68.7 Å². The van der Waals surface area contributed by atoms with Crippen molar-refractivity contribution in [3.63, 3.8) is 0 Å². The number of ether oxygens (including phenoxy) is 2. The first-order chi connectivity index (χ1) is 11.1. The van der Waals surface area contributed by atoms with Crippen molar-refractivity contribution in [1.29, 1.82) is 0 Å². The zero-order valence-electron chi connectivity index (χ0n) is 17.9. The molecule has 0 saturated heterocycles. The van der Waals surface area contributed by atoms with Crippen molar-refractivity contribution >= 4 is 0 Å². The van der Waals surface area contributed by atoms with Gasteiger partial charge >= 0.3 is 0 Å². The van der Waals surface area contributed by atoms with Crippen LogP contribution in [-0.2, 0) is 9.47 Å². The smallest absolute Gasteiger partial charge is 0.0701 e. The standard InChI is InChI=1S/C20H44N2O2/c1-10-20(8,9)22(19(6)7)12-14-24-16-15-23-13-11-21(17(2)3)18(4)5/h17-19H,10-16H2,1-9H3. The fourth-order valence-corrected chi connectivity index (χ4v) is 3.23. The summed E-state index contributed by atoms with van der Waals surface area (Å²) >= 11 is 0. The Hall–Kier alpha value is -0.160. The number of hydrogen-bond donors (Lipinski definition) is 0. The van der Waals surface area contributed by atoms with Crippen LogP contribution in [0.5, 0.6) is 0 Å². The highest BCUT2D eigenvalue weighted by molar-refractivity contribution is 4.82. The normalized spacial score (nSPS) is 13.2. The molecule has 0 aliphatic heterocycles. The van der Waals surface area contributed by atoms with E-state index < -0.39 is 0 Å². The van der Waals surface area contributed by atoms with Crippen molar-refractivity contribution in [3.8, 4) is 0 Å². The van der Waals surface area contributed by atoms with Gasteiger partial charge in [-0.05, 0) is 61.8 Å². The quantitative estimate of drug-likeness (QED) is 0.444. The Labute approximate surface area is 151 Å². The monoisotopic (exact) mass is 344 g/mol. The van der Waals surface area contributed by atoms with E-state index in [1.807, 2.05) is 0 Å². The molecule has 0 aliphatic rings. The zero-order valence-corrected chi connectivity index (χ0v) is 17.9. The van der Waals surface area contributed by atoms with Gasteiger partial charge in [-0.3, -0.25) is 9.80 Å². The third kappa shape index (κ3) is 9.36. The fraction of sp³-hybridized carbons (Fsp3) is 1.00. The van der Waals surface area contributed by atoms with E-state index in [0.29, 0.717) is 31.3 Å². The van der Waals surface area contributed by atoms with Crippen LogP contribution in [0.2, 0.25) is 0 Å². The molecule has 0 N–H and O–H groups in total. The minimum atomic E-state index is 0.227. The number of rotatable bonds is 14. The molecule has 24 heavy (non-hydrogen) atoms. The lowest BCUT2D eigenvalue weighted by Gasteiger charge is -2.41. The minimum Gasteiger partial charge on any atom is -0.378 e. The molecular formula is C20H44N2O2. The van der Waals surface area contributed by atoms with E-state index in [4.69, 9.17) is 9.47 Å². The topological polar surface area (TPSA) is 24.9 Å². The molecule has 0 rings (SSSR count). The number of hydrogen-bond acceptors (Lipinski definition) is 4. The molecule has 0 saturated carbocycles. The summed E-state index contributed by atoms with van der Waals surface area (Å²) in [6, 6.07) is 1.67. The Morgan fingerprint density at radius 2 is 1.17 bits per heavy atom. The zero-order chi connectivity index (χ0) is 18.8. The van der Waals surface area contributed by atoms with Gasteiger partial charge in [-0.1, -0.05) is 6.92 Å². The molecule has 0 aromatic rings. The largest absolute Gasteiger partial charge is 0.378 e. The van der Waals surface area contributed by atoms with Gasteiger partial charge in [-0.25, -0.2) is 0 Å². The van der Waals surface area contributed by atoms with Crippen molar-refractivity contribution in [1.82, 2.24) is 9.80 Å². The van der Waals surface area contributed by atoms with Crippen LogP contribution < -0.4 is 0 Å². The van der Waals surface area contributed by atoms with Gasteiger partial charge in [-0.15, -0.1) is 0 Å². The van der Waals surface area contributed by atoms with Gasteiger partial charge in [0.15, 0.2) is 0 Å². The Morgan fingerprint density at radius 1 is 0.708 bits per heavy atom. The minimum absolute atomic E-state index is 0.227. The predicted molar refractivity (Wildman–Crippen MR) is 105 cm³/mol. The van der Waals surface area contributed by atoms with E-state index >= 15 is 0 Å². The van der Waals surface area contributed by atoms with Crippen LogP contribution in [0, 0.1) is 0 Å². The van der Waals surface area contributed by atoms with Crippen LogP contribution in [0.15, 0.2) is 0 Å². The van der Waals surface area contributed by atoms with Crippen molar-refractivity contribution in [3.05, 3.63) is 0 Å². The Morgan fingerprint density at radius 3 is 1.54 bits per heavy atom. The van der Waals surface area contributed by atoms with Gasteiger partial charge in [0.05, 0.1) is 26.4 Å². The van der Waals surface area contributed by atoms with Crippen LogP contribution >= 0.6 is 0 Å². The molecular weight excluding hydrogens is 300 g/mol. The second kappa shape index (κ2) is 12.2. The fourth-order valence-electron chi connectivity index (χ4n) is 3.23. The molecule has 0 atom stereocenters. The molecule has 0 aromatic carbocycles. The Kier molecular flexibility index (Phi) is 12.2. The van der Waals surface area contributed by atoms with Crippen LogP contribution in [0.25, 0.3) is 0 Å². The van der Waals surface area contributed by atoms with Crippen molar-refractivity contribution < 1.29 is 9.47 Å². The average molecular weight is 345 g/mol. The summed E-state index contributed by atoms with van der Waals surface area (Å²) in [4.78, 5) is 4.98. The first-order valence-electron chi connectivity index (χ1n) is 9.81. The Balaban J connectivity index is 3.83. The molecule has 0 spiro atoms. The summed E-state index contributed by atoms with van der Waals surface area (Å²) in [5.41, 5.74) is 0.227. The SMILES string of the molecule is CCC(C)(C)N(CCOCCOCCN(C(C)C)C(C)C)C(C)C. The molecule has 0 aliphatic carbocycles. The maximum absolute atomic E-state index is 5.78. The van der Waals surface area contributed by atoms with Crippen LogP contribution in [-0.4, -0.2) is 73.0 Å². The highest BCUT2D eigenvalue weighted by atomic mass is 16.5. The highest BCUT2D eigenvalue weighted by Crippen LogP contribution is 2.20. The lowest BCUT2D eigenvalue weighted by molar-refractivity contribution is 0.00534. The molecule has 0 unspecified atom stereocenters. The maximum atomic E-state index is 5.78. The van der Waals surface area contributed by atoms with Crippen LogP contribution in [0.4, 0.5) is 0 Å². The molecule has 0 heterocycles. The molecule has 146 valence electrons. The van der Waals surface area contributed by atoms with Gasteiger partial charge in [-0.2, -0.15) is 0 Å². The lowest BCUT2D eigenvalue weighted by atomic mass is 9.97.